The number of ketones is 1. The first-order valence-electron chi connectivity index (χ1n) is 7.36. The number of carbonyl (C=O) groups excluding carboxylic acids is 2. The highest BCUT2D eigenvalue weighted by Crippen LogP contribution is 2.31. The first kappa shape index (κ1) is 13.6. The third kappa shape index (κ3) is 2.36. The van der Waals surface area contributed by atoms with Crippen LogP contribution in [0.15, 0.2) is 60.7 Å². The topological polar surface area (TPSA) is 67.4 Å². The lowest BCUT2D eigenvalue weighted by Gasteiger charge is -2.29. The molecule has 2 heterocycles. The van der Waals surface area contributed by atoms with E-state index in [1.54, 1.807) is 6.07 Å². The van der Waals surface area contributed by atoms with Crippen LogP contribution in [-0.4, -0.2) is 23.8 Å². The highest BCUT2D eigenvalue weighted by atomic mass is 16.5. The predicted molar refractivity (Wildman–Crippen MR) is 86.8 cm³/mol. The van der Waals surface area contributed by atoms with Gasteiger partial charge in [-0.15, -0.1) is 0 Å². The van der Waals surface area contributed by atoms with Crippen molar-refractivity contribution in [3.8, 4) is 0 Å². The van der Waals surface area contributed by atoms with Gasteiger partial charge in [-0.1, -0.05) is 42.5 Å². The molecule has 5 nitrogen and oxygen atoms in total. The molecule has 2 aromatic carbocycles. The van der Waals surface area contributed by atoms with Crippen molar-refractivity contribution in [1.29, 1.82) is 0 Å². The number of hydrogen-bond acceptors (Lipinski definition) is 4. The van der Waals surface area contributed by atoms with Crippen LogP contribution in [-0.2, 0) is 14.3 Å². The summed E-state index contributed by atoms with van der Waals surface area (Å²) in [6.45, 7) is 0. The van der Waals surface area contributed by atoms with Gasteiger partial charge in [0.05, 0.1) is 11.4 Å². The zero-order valence-corrected chi connectivity index (χ0v) is 12.2. The van der Waals surface area contributed by atoms with Crippen molar-refractivity contribution in [2.45, 2.75) is 12.1 Å². The first-order valence-corrected chi connectivity index (χ1v) is 7.36. The Morgan fingerprint density at radius 2 is 1.57 bits per heavy atom. The standard InChI is InChI=1S/C18H14N2O3/c21-14-10-15(11-6-2-1-3-7-11)23-17(14)16-18(22)20-13-9-5-4-8-12(13)19-16/h1-10,16-17,19H,(H,20,22). The van der Waals surface area contributed by atoms with Crippen molar-refractivity contribution >= 4 is 28.8 Å². The van der Waals surface area contributed by atoms with Crippen molar-refractivity contribution in [3.63, 3.8) is 0 Å². The molecule has 0 bridgehead atoms. The Morgan fingerprint density at radius 1 is 0.870 bits per heavy atom. The maximum atomic E-state index is 12.3. The first-order chi connectivity index (χ1) is 11.2. The lowest BCUT2D eigenvalue weighted by atomic mass is 10.0. The number of benzene rings is 2. The zero-order valence-electron chi connectivity index (χ0n) is 12.2. The average molecular weight is 306 g/mol. The second-order valence-corrected chi connectivity index (χ2v) is 5.47. The molecule has 2 unspecified atom stereocenters. The van der Waals surface area contributed by atoms with Gasteiger partial charge in [0.2, 0.25) is 5.78 Å². The molecule has 0 aromatic heterocycles. The zero-order chi connectivity index (χ0) is 15.8. The Bertz CT molecular complexity index is 814. The van der Waals surface area contributed by atoms with Gasteiger partial charge in [-0.2, -0.15) is 0 Å². The minimum atomic E-state index is -0.862. The van der Waals surface area contributed by atoms with E-state index in [0.717, 1.165) is 11.3 Å². The molecule has 0 saturated carbocycles. The third-order valence-corrected chi connectivity index (χ3v) is 3.95. The minimum Gasteiger partial charge on any atom is -0.479 e. The number of rotatable bonds is 2. The Balaban J connectivity index is 1.58. The van der Waals surface area contributed by atoms with Crippen LogP contribution in [0.1, 0.15) is 5.56 Å². The number of hydrogen-bond donors (Lipinski definition) is 2. The van der Waals surface area contributed by atoms with Gasteiger partial charge < -0.3 is 15.4 Å². The van der Waals surface area contributed by atoms with E-state index in [1.165, 1.54) is 6.08 Å². The van der Waals surface area contributed by atoms with Crippen molar-refractivity contribution in [1.82, 2.24) is 0 Å². The summed E-state index contributed by atoms with van der Waals surface area (Å²) in [5.41, 5.74) is 2.30. The minimum absolute atomic E-state index is 0.212. The van der Waals surface area contributed by atoms with Crippen LogP contribution >= 0.6 is 0 Å². The lowest BCUT2D eigenvalue weighted by molar-refractivity contribution is -0.127. The average Bonchev–Trinajstić information content (AvgIpc) is 2.97. The van der Waals surface area contributed by atoms with E-state index in [9.17, 15) is 9.59 Å². The summed E-state index contributed by atoms with van der Waals surface area (Å²) in [7, 11) is 0. The smallest absolute Gasteiger partial charge is 0.251 e. The van der Waals surface area contributed by atoms with Gasteiger partial charge in [-0.25, -0.2) is 0 Å². The van der Waals surface area contributed by atoms with Crippen LogP contribution in [0.25, 0.3) is 5.76 Å². The molecular formula is C18H14N2O3. The molecule has 2 atom stereocenters. The molecule has 4 rings (SSSR count). The number of amides is 1. The van der Waals surface area contributed by atoms with Crippen molar-refractivity contribution in [2.75, 3.05) is 10.6 Å². The largest absolute Gasteiger partial charge is 0.479 e. The summed E-state index contributed by atoms with van der Waals surface area (Å²) in [5.74, 6) is 0.00899. The third-order valence-electron chi connectivity index (χ3n) is 3.95. The summed E-state index contributed by atoms with van der Waals surface area (Å²) in [5, 5.41) is 5.91. The van der Waals surface area contributed by atoms with E-state index in [4.69, 9.17) is 4.74 Å². The fourth-order valence-corrected chi connectivity index (χ4v) is 2.80. The monoisotopic (exact) mass is 306 g/mol. The van der Waals surface area contributed by atoms with Crippen molar-refractivity contribution < 1.29 is 14.3 Å². The van der Waals surface area contributed by atoms with E-state index in [0.29, 0.717) is 11.4 Å². The van der Waals surface area contributed by atoms with Crippen molar-refractivity contribution in [3.05, 3.63) is 66.2 Å². The highest BCUT2D eigenvalue weighted by molar-refractivity contribution is 6.10. The molecule has 5 heteroatoms. The molecule has 0 aliphatic carbocycles. The van der Waals surface area contributed by atoms with Crippen LogP contribution in [0, 0.1) is 0 Å². The molecular weight excluding hydrogens is 292 g/mol. The van der Waals surface area contributed by atoms with Crippen LogP contribution in [0.3, 0.4) is 0 Å². The normalized spacial score (nSPS) is 22.5. The number of nitrogens with one attached hydrogen (secondary N) is 2. The Kier molecular flexibility index (Phi) is 3.12. The molecule has 2 aliphatic rings. The molecule has 2 N–H and O–H groups in total. The van der Waals surface area contributed by atoms with Gasteiger partial charge in [-0.05, 0) is 12.1 Å². The van der Waals surface area contributed by atoms with Gasteiger partial charge in [0, 0.05) is 11.6 Å². The summed E-state index contributed by atoms with van der Waals surface area (Å²) >= 11 is 0. The Labute approximate surface area is 133 Å². The number of para-hydroxylation sites is 2. The van der Waals surface area contributed by atoms with Crippen LogP contribution in [0.4, 0.5) is 11.4 Å². The second-order valence-electron chi connectivity index (χ2n) is 5.47. The fourth-order valence-electron chi connectivity index (χ4n) is 2.80. The molecule has 2 aromatic rings. The van der Waals surface area contributed by atoms with Gasteiger partial charge in [0.1, 0.15) is 5.76 Å². The van der Waals surface area contributed by atoms with Gasteiger partial charge >= 0.3 is 0 Å². The predicted octanol–water partition coefficient (Wildman–Crippen LogP) is 2.43. The van der Waals surface area contributed by atoms with Crippen LogP contribution in [0.2, 0.25) is 0 Å². The maximum absolute atomic E-state index is 12.3. The SMILES string of the molecule is O=C1Nc2ccccc2NC1C1OC(c2ccccc2)=CC1=O. The number of carbonyl (C=O) groups is 2. The summed E-state index contributed by atoms with van der Waals surface area (Å²) in [6, 6.07) is 16.0. The molecule has 23 heavy (non-hydrogen) atoms. The summed E-state index contributed by atoms with van der Waals surface area (Å²) in [4.78, 5) is 24.6. The molecule has 0 fully saturated rings. The van der Waals surface area contributed by atoms with Gasteiger partial charge in [-0.3, -0.25) is 9.59 Å². The fraction of sp³-hybridized carbons (Fsp3) is 0.111. The second kappa shape index (κ2) is 5.28. The van der Waals surface area contributed by atoms with E-state index in [-0.39, 0.29) is 11.7 Å². The van der Waals surface area contributed by atoms with Gasteiger partial charge in [0.25, 0.3) is 5.91 Å². The van der Waals surface area contributed by atoms with E-state index < -0.39 is 12.1 Å². The van der Waals surface area contributed by atoms with Crippen LogP contribution < -0.4 is 10.6 Å². The molecule has 0 radical (unpaired) electrons. The quantitative estimate of drug-likeness (QED) is 0.894. The van der Waals surface area contributed by atoms with Crippen molar-refractivity contribution in [2.24, 2.45) is 0 Å². The number of fused-ring (bicyclic) bond motifs is 1. The Hall–Kier alpha value is -3.08. The highest BCUT2D eigenvalue weighted by Gasteiger charge is 2.41. The van der Waals surface area contributed by atoms with E-state index >= 15 is 0 Å². The molecule has 1 amide bonds. The number of ether oxygens (including phenoxy) is 1. The summed E-state index contributed by atoms with van der Waals surface area (Å²) < 4.78 is 5.77. The van der Waals surface area contributed by atoms with E-state index in [1.807, 2.05) is 48.5 Å². The molecule has 0 saturated heterocycles. The number of anilines is 2. The summed E-state index contributed by atoms with van der Waals surface area (Å²) in [6.07, 6.45) is 0.591. The van der Waals surface area contributed by atoms with E-state index in [2.05, 4.69) is 10.6 Å². The maximum Gasteiger partial charge on any atom is 0.251 e. The molecule has 114 valence electrons. The lowest BCUT2D eigenvalue weighted by Crippen LogP contribution is -2.49. The molecule has 2 aliphatic heterocycles. The Morgan fingerprint density at radius 3 is 2.35 bits per heavy atom. The molecule has 0 spiro atoms. The van der Waals surface area contributed by atoms with Crippen LogP contribution in [0.5, 0.6) is 0 Å². The van der Waals surface area contributed by atoms with Gasteiger partial charge in [0.15, 0.2) is 12.1 Å².